The lowest BCUT2D eigenvalue weighted by Crippen LogP contribution is -2.30. The first kappa shape index (κ1) is 19.6. The Labute approximate surface area is 177 Å². The molecule has 29 heavy (non-hydrogen) atoms. The van der Waals surface area contributed by atoms with Gasteiger partial charge in [-0.3, -0.25) is 14.5 Å². The third kappa shape index (κ3) is 4.18. The summed E-state index contributed by atoms with van der Waals surface area (Å²) in [6.07, 6.45) is 0.0969. The van der Waals surface area contributed by atoms with E-state index in [1.807, 2.05) is 56.3 Å². The predicted octanol–water partition coefficient (Wildman–Crippen LogP) is 4.50. The molecular weight excluding hydrogens is 404 g/mol. The highest BCUT2D eigenvalue weighted by atomic mass is 32.2. The number of aliphatic imine (C=N–C) groups is 1. The van der Waals surface area contributed by atoms with E-state index < -0.39 is 5.25 Å². The Bertz CT molecular complexity index is 1110. The fourth-order valence-corrected chi connectivity index (χ4v) is 5.02. The number of nitrogens with one attached hydrogen (secondary N) is 1. The molecule has 0 saturated carbocycles. The SMILES string of the molecule is Cc1ccc(NC(=O)C[C@@H]2SC(=Nc3nc4ccccc4s3)N(C)C2=O)cc1C. The molecule has 1 saturated heterocycles. The Hall–Kier alpha value is -2.71. The molecule has 6 nitrogen and oxygen atoms in total. The molecule has 0 spiro atoms. The Morgan fingerprint density at radius 2 is 2.00 bits per heavy atom. The number of aryl methyl sites for hydroxylation is 2. The van der Waals surface area contributed by atoms with E-state index in [9.17, 15) is 9.59 Å². The summed E-state index contributed by atoms with van der Waals surface area (Å²) in [5, 5.41) is 3.57. The van der Waals surface area contributed by atoms with Gasteiger partial charge in [0, 0.05) is 19.2 Å². The van der Waals surface area contributed by atoms with Gasteiger partial charge in [-0.1, -0.05) is 41.3 Å². The first-order valence-corrected chi connectivity index (χ1v) is 10.9. The number of anilines is 1. The maximum Gasteiger partial charge on any atom is 0.242 e. The molecule has 1 aromatic heterocycles. The van der Waals surface area contributed by atoms with Crippen molar-refractivity contribution in [1.82, 2.24) is 9.88 Å². The van der Waals surface area contributed by atoms with Gasteiger partial charge in [0.15, 0.2) is 5.17 Å². The van der Waals surface area contributed by atoms with Crippen molar-refractivity contribution in [2.24, 2.45) is 4.99 Å². The quantitative estimate of drug-likeness (QED) is 0.669. The van der Waals surface area contributed by atoms with Crippen molar-refractivity contribution in [3.8, 4) is 0 Å². The van der Waals surface area contributed by atoms with Crippen molar-refractivity contribution in [1.29, 1.82) is 0 Å². The number of hydrogen-bond acceptors (Lipinski definition) is 6. The van der Waals surface area contributed by atoms with Crippen LogP contribution in [0.1, 0.15) is 17.5 Å². The first-order chi connectivity index (χ1) is 13.9. The summed E-state index contributed by atoms with van der Waals surface area (Å²) < 4.78 is 1.05. The maximum atomic E-state index is 12.6. The molecule has 1 atom stereocenters. The predicted molar refractivity (Wildman–Crippen MR) is 120 cm³/mol. The molecule has 148 valence electrons. The minimum absolute atomic E-state index is 0.0969. The molecule has 2 aromatic carbocycles. The van der Waals surface area contributed by atoms with Crippen molar-refractivity contribution >= 4 is 61.1 Å². The van der Waals surface area contributed by atoms with E-state index >= 15 is 0 Å². The zero-order chi connectivity index (χ0) is 20.5. The molecule has 0 aliphatic carbocycles. The molecule has 1 aliphatic heterocycles. The molecular formula is C21H20N4O2S2. The van der Waals surface area contributed by atoms with Crippen molar-refractivity contribution < 1.29 is 9.59 Å². The van der Waals surface area contributed by atoms with Crippen molar-refractivity contribution in [2.75, 3.05) is 12.4 Å². The number of aromatic nitrogens is 1. The van der Waals surface area contributed by atoms with Crippen molar-refractivity contribution in [3.63, 3.8) is 0 Å². The number of amidine groups is 1. The normalized spacial score (nSPS) is 18.0. The number of carbonyl (C=O) groups is 2. The van der Waals surface area contributed by atoms with E-state index in [1.54, 1.807) is 7.05 Å². The van der Waals surface area contributed by atoms with E-state index in [0.717, 1.165) is 21.5 Å². The second kappa shape index (κ2) is 7.96. The van der Waals surface area contributed by atoms with Crippen LogP contribution >= 0.6 is 23.1 Å². The molecule has 0 unspecified atom stereocenters. The summed E-state index contributed by atoms with van der Waals surface area (Å²) in [5.41, 5.74) is 3.91. The highest BCUT2D eigenvalue weighted by Crippen LogP contribution is 2.33. The minimum Gasteiger partial charge on any atom is -0.326 e. The number of rotatable bonds is 4. The number of hydrogen-bond donors (Lipinski definition) is 1. The van der Waals surface area contributed by atoms with Gasteiger partial charge >= 0.3 is 0 Å². The number of thioether (sulfide) groups is 1. The zero-order valence-corrected chi connectivity index (χ0v) is 17.9. The highest BCUT2D eigenvalue weighted by Gasteiger charge is 2.37. The van der Waals surface area contributed by atoms with E-state index in [2.05, 4.69) is 15.3 Å². The molecule has 4 rings (SSSR count). The third-order valence-corrected chi connectivity index (χ3v) is 6.94. The van der Waals surface area contributed by atoms with Crippen LogP contribution in [0.15, 0.2) is 47.5 Å². The summed E-state index contributed by atoms with van der Waals surface area (Å²) in [5.74, 6) is -0.307. The van der Waals surface area contributed by atoms with Gasteiger partial charge in [-0.25, -0.2) is 4.98 Å². The van der Waals surface area contributed by atoms with Gasteiger partial charge in [0.05, 0.1) is 10.2 Å². The second-order valence-electron chi connectivity index (χ2n) is 6.91. The van der Waals surface area contributed by atoms with Gasteiger partial charge in [0.25, 0.3) is 0 Å². The third-order valence-electron chi connectivity index (χ3n) is 4.78. The van der Waals surface area contributed by atoms with Crippen LogP contribution in [-0.4, -0.2) is 39.2 Å². The highest BCUT2D eigenvalue weighted by molar-refractivity contribution is 8.15. The number of benzene rings is 2. The Morgan fingerprint density at radius 3 is 2.76 bits per heavy atom. The van der Waals surface area contributed by atoms with Crippen LogP contribution in [-0.2, 0) is 9.59 Å². The van der Waals surface area contributed by atoms with Crippen LogP contribution in [0.2, 0.25) is 0 Å². The van der Waals surface area contributed by atoms with Gasteiger partial charge in [-0.15, -0.1) is 0 Å². The monoisotopic (exact) mass is 424 g/mol. The van der Waals surface area contributed by atoms with Crippen LogP contribution in [0.3, 0.4) is 0 Å². The lowest BCUT2D eigenvalue weighted by molar-refractivity contribution is -0.127. The van der Waals surface area contributed by atoms with Gasteiger partial charge in [-0.2, -0.15) is 4.99 Å². The summed E-state index contributed by atoms with van der Waals surface area (Å²) in [6, 6.07) is 13.6. The average molecular weight is 425 g/mol. The maximum absolute atomic E-state index is 12.6. The fraction of sp³-hybridized carbons (Fsp3) is 0.238. The van der Waals surface area contributed by atoms with Gasteiger partial charge < -0.3 is 5.32 Å². The summed E-state index contributed by atoms with van der Waals surface area (Å²) >= 11 is 2.79. The Morgan fingerprint density at radius 1 is 1.21 bits per heavy atom. The molecule has 1 aliphatic rings. The standard InChI is InChI=1S/C21H20N4O2S2/c1-12-8-9-14(10-13(12)2)22-18(26)11-17-19(27)25(3)21(29-17)24-20-23-15-6-4-5-7-16(15)28-20/h4-10,17H,11H2,1-3H3,(H,22,26)/t17-/m0/s1. The summed E-state index contributed by atoms with van der Waals surface area (Å²) in [7, 11) is 1.68. The smallest absolute Gasteiger partial charge is 0.242 e. The van der Waals surface area contributed by atoms with Crippen LogP contribution < -0.4 is 5.32 Å². The number of amides is 2. The van der Waals surface area contributed by atoms with Gasteiger partial charge in [-0.05, 0) is 49.2 Å². The fourth-order valence-electron chi connectivity index (χ4n) is 2.99. The number of nitrogens with zero attached hydrogens (tertiary/aromatic N) is 3. The largest absolute Gasteiger partial charge is 0.326 e. The van der Waals surface area contributed by atoms with E-state index in [4.69, 9.17) is 0 Å². The molecule has 0 bridgehead atoms. The van der Waals surface area contributed by atoms with Crippen LogP contribution in [0.25, 0.3) is 10.2 Å². The molecule has 1 fully saturated rings. The summed E-state index contributed by atoms with van der Waals surface area (Å²) in [4.78, 5) is 35.6. The van der Waals surface area contributed by atoms with Crippen LogP contribution in [0.5, 0.6) is 0 Å². The van der Waals surface area contributed by atoms with Gasteiger partial charge in [0.1, 0.15) is 5.25 Å². The number of para-hydroxylation sites is 1. The lowest BCUT2D eigenvalue weighted by Gasteiger charge is -2.10. The van der Waals surface area contributed by atoms with E-state index in [-0.39, 0.29) is 18.2 Å². The van der Waals surface area contributed by atoms with Crippen molar-refractivity contribution in [3.05, 3.63) is 53.6 Å². The Balaban J connectivity index is 1.45. The molecule has 2 heterocycles. The molecule has 1 N–H and O–H groups in total. The second-order valence-corrected chi connectivity index (χ2v) is 9.09. The zero-order valence-electron chi connectivity index (χ0n) is 16.3. The lowest BCUT2D eigenvalue weighted by atomic mass is 10.1. The molecule has 8 heteroatoms. The van der Waals surface area contributed by atoms with Gasteiger partial charge in [0.2, 0.25) is 16.9 Å². The van der Waals surface area contributed by atoms with E-state index in [1.165, 1.54) is 33.6 Å². The average Bonchev–Trinajstić information content (AvgIpc) is 3.21. The topological polar surface area (TPSA) is 74.7 Å². The molecule has 0 radical (unpaired) electrons. The van der Waals surface area contributed by atoms with Crippen LogP contribution in [0, 0.1) is 13.8 Å². The van der Waals surface area contributed by atoms with Crippen molar-refractivity contribution in [2.45, 2.75) is 25.5 Å². The number of fused-ring (bicyclic) bond motifs is 1. The Kier molecular flexibility index (Phi) is 5.38. The molecule has 2 amide bonds. The minimum atomic E-state index is -0.486. The number of thiazole rings is 1. The van der Waals surface area contributed by atoms with Crippen LogP contribution in [0.4, 0.5) is 10.8 Å². The van der Waals surface area contributed by atoms with E-state index in [0.29, 0.717) is 10.3 Å². The molecule has 3 aromatic rings. The number of carbonyl (C=O) groups excluding carboxylic acids is 2. The summed E-state index contributed by atoms with van der Waals surface area (Å²) in [6.45, 7) is 4.03. The first-order valence-electron chi connectivity index (χ1n) is 9.16.